The van der Waals surface area contributed by atoms with Crippen LogP contribution in [0.15, 0.2) is 324 Å². The lowest BCUT2D eigenvalue weighted by Gasteiger charge is -2.47. The molecule has 0 saturated heterocycles. The summed E-state index contributed by atoms with van der Waals surface area (Å²) in [4.78, 5) is 10.3. The summed E-state index contributed by atoms with van der Waals surface area (Å²) in [5.74, 6) is 0. The van der Waals surface area contributed by atoms with Crippen molar-refractivity contribution in [2.24, 2.45) is 0 Å². The third-order valence-corrected chi connectivity index (χ3v) is 20.5. The Morgan fingerprint density at radius 2 is 0.585 bits per heavy atom. The number of anilines is 12. The van der Waals surface area contributed by atoms with E-state index in [2.05, 4.69) is 335 Å². The average molecular weight is 1200 g/mol. The Morgan fingerprint density at radius 3 is 1.01 bits per heavy atom. The molecule has 21 rings (SSSR count). The van der Waals surface area contributed by atoms with Gasteiger partial charge in [0.15, 0.2) is 0 Å². The second-order valence-electron chi connectivity index (χ2n) is 25.4. The SMILES string of the molecule is c1ccc(-c2ccccc2N2c3cc4c(cc3B3c5ccccc5N(c5ccccc5)c5c3c2cc2oc3cc6ccccc6cc3c52)B2c3ccccc3N(c3ccccc3)c3c2c(cc2oc5cc6ccccc6cc5c32)N4c2ccccc2-c2ccccc2)cc1. The maximum absolute atomic E-state index is 7.37. The maximum atomic E-state index is 7.37. The fourth-order valence-corrected chi connectivity index (χ4v) is 16.7. The van der Waals surface area contributed by atoms with Gasteiger partial charge in [0.25, 0.3) is 13.4 Å². The summed E-state index contributed by atoms with van der Waals surface area (Å²) in [6.07, 6.45) is 0. The fourth-order valence-electron chi connectivity index (χ4n) is 16.7. The summed E-state index contributed by atoms with van der Waals surface area (Å²) in [5.41, 5.74) is 28.3. The normalized spacial score (nSPS) is 13.4. The number of hydrogen-bond donors (Lipinski definition) is 0. The molecule has 0 atom stereocenters. The molecule has 6 nitrogen and oxygen atoms in total. The maximum Gasteiger partial charge on any atom is 0.252 e. The van der Waals surface area contributed by atoms with Gasteiger partial charge in [0.2, 0.25) is 0 Å². The third kappa shape index (κ3) is 7.22. The Hall–Kier alpha value is -12.3. The molecule has 434 valence electrons. The molecule has 17 aromatic rings. The summed E-state index contributed by atoms with van der Waals surface area (Å²) in [7, 11) is 0. The van der Waals surface area contributed by atoms with Gasteiger partial charge < -0.3 is 28.4 Å². The average Bonchev–Trinajstić information content (AvgIpc) is 1.04. The molecule has 2 aromatic heterocycles. The van der Waals surface area contributed by atoms with Crippen LogP contribution in [0, 0.1) is 0 Å². The predicted octanol–water partition coefficient (Wildman–Crippen LogP) is 19.3. The van der Waals surface area contributed by atoms with Crippen LogP contribution >= 0.6 is 0 Å². The number of hydrogen-bond acceptors (Lipinski definition) is 6. The highest BCUT2D eigenvalue weighted by Crippen LogP contribution is 2.55. The van der Waals surface area contributed by atoms with Crippen LogP contribution in [0.3, 0.4) is 0 Å². The molecule has 8 heteroatoms. The first-order chi connectivity index (χ1) is 46.7. The van der Waals surface area contributed by atoms with E-state index in [1.165, 1.54) is 43.5 Å². The van der Waals surface area contributed by atoms with Crippen LogP contribution < -0.4 is 52.4 Å². The molecule has 0 aliphatic carbocycles. The van der Waals surface area contributed by atoms with Gasteiger partial charge in [-0.15, -0.1) is 0 Å². The van der Waals surface area contributed by atoms with Crippen molar-refractivity contribution < 1.29 is 8.83 Å². The highest BCUT2D eigenvalue weighted by molar-refractivity contribution is 7.03. The van der Waals surface area contributed by atoms with E-state index in [1.807, 2.05) is 0 Å². The molecule has 0 amide bonds. The van der Waals surface area contributed by atoms with Gasteiger partial charge in [-0.1, -0.05) is 224 Å². The number of fused-ring (bicyclic) bond motifs is 18. The van der Waals surface area contributed by atoms with E-state index in [1.54, 1.807) is 0 Å². The number of nitrogens with zero attached hydrogens (tertiary/aromatic N) is 4. The number of benzene rings is 15. The minimum atomic E-state index is -0.240. The molecular weight excluding hydrogens is 1140 g/mol. The van der Waals surface area contributed by atoms with Crippen molar-refractivity contribution in [3.8, 4) is 22.3 Å². The zero-order valence-electron chi connectivity index (χ0n) is 50.8. The molecule has 4 aliphatic heterocycles. The van der Waals surface area contributed by atoms with Gasteiger partial charge in [-0.05, 0) is 144 Å². The van der Waals surface area contributed by atoms with Gasteiger partial charge in [-0.25, -0.2) is 0 Å². The second-order valence-corrected chi connectivity index (χ2v) is 25.4. The van der Waals surface area contributed by atoms with Gasteiger partial charge in [-0.2, -0.15) is 0 Å². The number of rotatable bonds is 6. The topological polar surface area (TPSA) is 39.2 Å². The van der Waals surface area contributed by atoms with E-state index in [0.29, 0.717) is 0 Å². The highest BCUT2D eigenvalue weighted by Gasteiger charge is 2.50. The van der Waals surface area contributed by atoms with Gasteiger partial charge >= 0.3 is 0 Å². The summed E-state index contributed by atoms with van der Waals surface area (Å²) in [6, 6.07) is 117. The Bertz CT molecular complexity index is 5680. The fraction of sp³-hybridized carbons (Fsp3) is 0. The lowest BCUT2D eigenvalue weighted by atomic mass is 9.30. The van der Waals surface area contributed by atoms with E-state index in [-0.39, 0.29) is 13.4 Å². The first kappa shape index (κ1) is 51.5. The van der Waals surface area contributed by atoms with Crippen LogP contribution in [0.5, 0.6) is 0 Å². The number of para-hydroxylation sites is 6. The molecule has 0 fully saturated rings. The Labute approximate surface area is 542 Å². The Kier molecular flexibility index (Phi) is 10.8. The molecule has 6 heterocycles. The van der Waals surface area contributed by atoms with E-state index in [4.69, 9.17) is 8.83 Å². The van der Waals surface area contributed by atoms with E-state index < -0.39 is 0 Å². The van der Waals surface area contributed by atoms with Crippen LogP contribution in [0.25, 0.3) is 87.7 Å². The van der Waals surface area contributed by atoms with Crippen molar-refractivity contribution >= 4 is 180 Å². The monoisotopic (exact) mass is 1190 g/mol. The third-order valence-electron chi connectivity index (χ3n) is 20.5. The molecule has 0 spiro atoms. The zero-order chi connectivity index (χ0) is 61.3. The summed E-state index contributed by atoms with van der Waals surface area (Å²) in [5, 5.41) is 8.97. The molecule has 0 radical (unpaired) electrons. The smallest absolute Gasteiger partial charge is 0.252 e. The highest BCUT2D eigenvalue weighted by atomic mass is 16.3. The summed E-state index contributed by atoms with van der Waals surface area (Å²) in [6.45, 7) is -0.480. The van der Waals surface area contributed by atoms with Crippen molar-refractivity contribution in [3.63, 3.8) is 0 Å². The zero-order valence-corrected chi connectivity index (χ0v) is 50.8. The molecule has 94 heavy (non-hydrogen) atoms. The largest absolute Gasteiger partial charge is 0.456 e. The molecule has 0 bridgehead atoms. The van der Waals surface area contributed by atoms with Gasteiger partial charge in [0.05, 0.1) is 33.5 Å². The van der Waals surface area contributed by atoms with Crippen molar-refractivity contribution in [2.45, 2.75) is 0 Å². The van der Waals surface area contributed by atoms with Crippen LogP contribution in [-0.4, -0.2) is 13.4 Å². The molecular formula is C86H52B2N4O2. The molecule has 15 aromatic carbocycles. The lowest BCUT2D eigenvalue weighted by molar-refractivity contribution is 0.669. The van der Waals surface area contributed by atoms with E-state index in [9.17, 15) is 0 Å². The number of furan rings is 2. The first-order valence-corrected chi connectivity index (χ1v) is 32.5. The molecule has 0 saturated carbocycles. The Balaban J connectivity index is 0.948. The lowest BCUT2D eigenvalue weighted by Crippen LogP contribution is -2.65. The van der Waals surface area contributed by atoms with E-state index >= 15 is 0 Å². The van der Waals surface area contributed by atoms with Crippen molar-refractivity contribution in [2.75, 3.05) is 19.6 Å². The first-order valence-electron chi connectivity index (χ1n) is 32.5. The van der Waals surface area contributed by atoms with Gasteiger partial charge in [-0.3, -0.25) is 0 Å². The molecule has 4 aliphatic rings. The van der Waals surface area contributed by atoms with E-state index in [0.717, 1.165) is 145 Å². The van der Waals surface area contributed by atoms with Crippen molar-refractivity contribution in [1.82, 2.24) is 0 Å². The summed E-state index contributed by atoms with van der Waals surface area (Å²) < 4.78 is 14.7. The molecule has 0 N–H and O–H groups in total. The summed E-state index contributed by atoms with van der Waals surface area (Å²) >= 11 is 0. The van der Waals surface area contributed by atoms with Gasteiger partial charge in [0.1, 0.15) is 22.3 Å². The van der Waals surface area contributed by atoms with Crippen LogP contribution in [-0.2, 0) is 0 Å². The second kappa shape index (κ2) is 19.6. The predicted molar refractivity (Wildman–Crippen MR) is 395 cm³/mol. The van der Waals surface area contributed by atoms with Crippen molar-refractivity contribution in [1.29, 1.82) is 0 Å². The quantitative estimate of drug-likeness (QED) is 0.155. The van der Waals surface area contributed by atoms with Crippen molar-refractivity contribution in [3.05, 3.63) is 315 Å². The standard InChI is InChI=1S/C86H52B2N4O2/c1-5-25-53(26-6-1)61-37-17-21-41-69(61)91-73-50-74-68(49-67(73)87-65-39-19-23-43-71(65)89(59-33-9-3-10-34-59)85-81-63-45-55-29-13-15-31-57(55)47-77(63)93-79(81)51-75(91)83(85)87)88-66-40-20-24-44-72(66)90(60-35-11-4-12-36-60)86-82-64-46-56-30-14-16-32-58(56)48-78(64)94-80(82)52-76(84(86)88)92(74)70-42-22-18-38-62(70)54-27-7-2-8-28-54/h1-52H. The van der Waals surface area contributed by atoms with Gasteiger partial charge in [0, 0.05) is 79.5 Å². The van der Waals surface area contributed by atoms with Crippen LogP contribution in [0.2, 0.25) is 0 Å². The minimum Gasteiger partial charge on any atom is -0.456 e. The van der Waals surface area contributed by atoms with Crippen LogP contribution in [0.4, 0.5) is 68.2 Å². The Morgan fingerprint density at radius 1 is 0.234 bits per heavy atom. The molecule has 0 unspecified atom stereocenters. The van der Waals surface area contributed by atoms with Crippen LogP contribution in [0.1, 0.15) is 0 Å². The minimum absolute atomic E-state index is 0.240.